The van der Waals surface area contributed by atoms with Gasteiger partial charge in [0.2, 0.25) is 11.8 Å². The summed E-state index contributed by atoms with van der Waals surface area (Å²) in [5, 5.41) is 5.91. The largest absolute Gasteiger partial charge is 0.343 e. The van der Waals surface area contributed by atoms with Gasteiger partial charge in [0.05, 0.1) is 6.54 Å². The topological polar surface area (TPSA) is 99.0 Å². The van der Waals surface area contributed by atoms with Gasteiger partial charge >= 0.3 is 0 Å². The van der Waals surface area contributed by atoms with E-state index in [1.807, 2.05) is 47.5 Å². The Hall–Kier alpha value is -3.79. The summed E-state index contributed by atoms with van der Waals surface area (Å²) in [7, 11) is 1.72. The Kier molecular flexibility index (Phi) is 12.3. The van der Waals surface area contributed by atoms with Gasteiger partial charge in [-0.25, -0.2) is 9.37 Å². The van der Waals surface area contributed by atoms with Crippen molar-refractivity contribution in [2.75, 3.05) is 33.2 Å². The minimum absolute atomic E-state index is 0.0486. The van der Waals surface area contributed by atoms with Crippen LogP contribution in [0.1, 0.15) is 74.8 Å². The molecule has 2 unspecified atom stereocenters. The maximum Gasteiger partial charge on any atom is 0.274 e. The van der Waals surface area contributed by atoms with Crippen LogP contribution in [0.25, 0.3) is 5.65 Å². The number of amides is 3. The second-order valence-electron chi connectivity index (χ2n) is 11.5. The minimum atomic E-state index is -0.562. The van der Waals surface area contributed by atoms with Crippen molar-refractivity contribution >= 4 is 23.4 Å². The van der Waals surface area contributed by atoms with E-state index in [-0.39, 0.29) is 42.0 Å². The molecule has 238 valence electrons. The number of nitrogens with zero attached hydrogens (tertiary/aromatic N) is 4. The van der Waals surface area contributed by atoms with E-state index >= 15 is 0 Å². The fourth-order valence-electron chi connectivity index (χ4n) is 6.37. The van der Waals surface area contributed by atoms with Crippen LogP contribution in [0.4, 0.5) is 4.39 Å². The Morgan fingerprint density at radius 1 is 1.02 bits per heavy atom. The zero-order valence-electron chi connectivity index (χ0n) is 26.3. The molecule has 1 saturated heterocycles. The average molecular weight is 607 g/mol. The molecule has 5 rings (SSSR count). The van der Waals surface area contributed by atoms with Crippen LogP contribution in [-0.4, -0.2) is 82.2 Å². The molecular formula is C34H47FN6O3. The number of halogens is 1. The van der Waals surface area contributed by atoms with Gasteiger partial charge in [-0.05, 0) is 74.9 Å². The van der Waals surface area contributed by atoms with Gasteiger partial charge in [0.15, 0.2) is 0 Å². The molecule has 2 N–H and O–H groups in total. The first-order chi connectivity index (χ1) is 21.4. The van der Waals surface area contributed by atoms with Crippen LogP contribution < -0.4 is 10.6 Å². The number of rotatable bonds is 11. The Labute approximate surface area is 260 Å². The smallest absolute Gasteiger partial charge is 0.274 e. The van der Waals surface area contributed by atoms with E-state index in [0.29, 0.717) is 37.4 Å². The van der Waals surface area contributed by atoms with E-state index in [1.165, 1.54) is 12.1 Å². The number of aromatic nitrogens is 2. The van der Waals surface area contributed by atoms with Gasteiger partial charge in [-0.2, -0.15) is 0 Å². The molecule has 44 heavy (non-hydrogen) atoms. The zero-order valence-corrected chi connectivity index (χ0v) is 26.3. The summed E-state index contributed by atoms with van der Waals surface area (Å²) in [4.78, 5) is 48.8. The van der Waals surface area contributed by atoms with Crippen molar-refractivity contribution in [1.82, 2.24) is 29.8 Å². The van der Waals surface area contributed by atoms with Crippen molar-refractivity contribution in [3.63, 3.8) is 0 Å². The number of pyridine rings is 1. The van der Waals surface area contributed by atoms with E-state index in [1.54, 1.807) is 30.3 Å². The third-order valence-corrected chi connectivity index (χ3v) is 8.59. The van der Waals surface area contributed by atoms with E-state index in [9.17, 15) is 18.8 Å². The lowest BCUT2D eigenvalue weighted by Crippen LogP contribution is -2.56. The van der Waals surface area contributed by atoms with Crippen LogP contribution in [-0.2, 0) is 16.0 Å². The lowest BCUT2D eigenvalue weighted by atomic mass is 9.83. The van der Waals surface area contributed by atoms with Crippen molar-refractivity contribution in [3.05, 3.63) is 71.9 Å². The summed E-state index contributed by atoms with van der Waals surface area (Å²) < 4.78 is 15.3. The highest BCUT2D eigenvalue weighted by molar-refractivity contribution is 5.93. The predicted octanol–water partition coefficient (Wildman–Crippen LogP) is 4.46. The normalized spacial score (nSPS) is 17.5. The van der Waals surface area contributed by atoms with E-state index < -0.39 is 6.04 Å². The predicted molar refractivity (Wildman–Crippen MR) is 170 cm³/mol. The number of hydrogen-bond acceptors (Lipinski definition) is 5. The van der Waals surface area contributed by atoms with Gasteiger partial charge in [0, 0.05) is 38.1 Å². The molecule has 1 aliphatic heterocycles. The summed E-state index contributed by atoms with van der Waals surface area (Å²) in [6.45, 7) is 5.52. The van der Waals surface area contributed by atoms with Gasteiger partial charge in [-0.3, -0.25) is 14.4 Å². The van der Waals surface area contributed by atoms with E-state index in [0.717, 1.165) is 50.5 Å². The molecule has 2 fully saturated rings. The summed E-state index contributed by atoms with van der Waals surface area (Å²) in [5.74, 6) is -0.618. The van der Waals surface area contributed by atoms with Gasteiger partial charge in [-0.15, -0.1) is 0 Å². The molecule has 0 bridgehead atoms. The highest BCUT2D eigenvalue weighted by atomic mass is 19.1. The maximum atomic E-state index is 14.1. The first-order valence-corrected chi connectivity index (χ1v) is 16.1. The monoisotopic (exact) mass is 606 g/mol. The minimum Gasteiger partial charge on any atom is -0.343 e. The third-order valence-electron chi connectivity index (χ3n) is 8.59. The van der Waals surface area contributed by atoms with Gasteiger partial charge in [0.1, 0.15) is 23.2 Å². The molecule has 2 aromatic heterocycles. The Balaban J connectivity index is 0.00000216. The number of fused-ring (bicyclic) bond motifs is 1. The molecule has 3 amide bonds. The summed E-state index contributed by atoms with van der Waals surface area (Å²) in [6, 6.07) is 11.2. The highest BCUT2D eigenvalue weighted by Crippen LogP contribution is 2.29. The average Bonchev–Trinajstić information content (AvgIpc) is 3.71. The molecule has 9 nitrogen and oxygen atoms in total. The van der Waals surface area contributed by atoms with Gasteiger partial charge in [-0.1, -0.05) is 51.3 Å². The number of benzene rings is 1. The fourth-order valence-corrected chi connectivity index (χ4v) is 6.37. The van der Waals surface area contributed by atoms with Crippen molar-refractivity contribution in [2.24, 2.45) is 5.92 Å². The third kappa shape index (κ3) is 8.43. The number of nitrogens with one attached hydrogen (secondary N) is 2. The molecule has 2 aliphatic rings. The van der Waals surface area contributed by atoms with Crippen LogP contribution in [0, 0.1) is 11.7 Å². The SMILES string of the molecule is CC.CNCC(=O)NC(C(=O)N1CCCC1CN(CCc1ccc(F)cc1)C(=O)c1cn2ccccc2n1)C1CCCCC1. The summed E-state index contributed by atoms with van der Waals surface area (Å²) in [6.07, 6.45) is 10.9. The lowest BCUT2D eigenvalue weighted by molar-refractivity contribution is -0.139. The molecule has 2 atom stereocenters. The number of carbonyl (C=O) groups excluding carboxylic acids is 3. The number of hydrogen-bond donors (Lipinski definition) is 2. The van der Waals surface area contributed by atoms with Gasteiger partial charge in [0.25, 0.3) is 5.91 Å². The van der Waals surface area contributed by atoms with Gasteiger partial charge < -0.3 is 24.8 Å². The zero-order chi connectivity index (χ0) is 31.5. The molecule has 1 saturated carbocycles. The van der Waals surface area contributed by atoms with Crippen LogP contribution in [0.2, 0.25) is 0 Å². The quantitative estimate of drug-likeness (QED) is 0.336. The number of carbonyl (C=O) groups is 3. The molecule has 1 aliphatic carbocycles. The number of likely N-dealkylation sites (N-methyl/N-ethyl adjacent to an activating group) is 1. The maximum absolute atomic E-state index is 14.1. The number of imidazole rings is 1. The molecular weight excluding hydrogens is 559 g/mol. The van der Waals surface area contributed by atoms with Crippen molar-refractivity contribution in [3.8, 4) is 0 Å². The van der Waals surface area contributed by atoms with E-state index in [2.05, 4.69) is 15.6 Å². The molecule has 3 aromatic rings. The van der Waals surface area contributed by atoms with Crippen LogP contribution >= 0.6 is 0 Å². The van der Waals surface area contributed by atoms with Crippen molar-refractivity contribution in [2.45, 2.75) is 77.3 Å². The van der Waals surface area contributed by atoms with Crippen LogP contribution in [0.15, 0.2) is 54.9 Å². The molecule has 10 heteroatoms. The highest BCUT2D eigenvalue weighted by Gasteiger charge is 2.39. The standard InChI is InChI=1S/C32H41FN6O3.C2H6/c1-34-20-29(40)36-30(24-8-3-2-4-9-24)32(42)39-18-7-10-26(39)21-38(19-16-23-12-14-25(33)15-13-23)31(41)27-22-37-17-6-5-11-28(37)35-27;1-2/h5-6,11-15,17,22,24,26,30,34H,2-4,7-10,16,18-21H2,1H3,(H,36,40);1-2H3. The first kappa shape index (κ1) is 33.1. The lowest BCUT2D eigenvalue weighted by Gasteiger charge is -2.36. The Bertz CT molecular complexity index is 1340. The number of likely N-dealkylation sites (tertiary alicyclic amines) is 1. The van der Waals surface area contributed by atoms with Crippen molar-refractivity contribution < 1.29 is 18.8 Å². The second-order valence-corrected chi connectivity index (χ2v) is 11.5. The van der Waals surface area contributed by atoms with Crippen molar-refractivity contribution in [1.29, 1.82) is 0 Å². The van der Waals surface area contributed by atoms with E-state index in [4.69, 9.17) is 0 Å². The molecule has 3 heterocycles. The van der Waals surface area contributed by atoms with Crippen LogP contribution in [0.5, 0.6) is 0 Å². The molecule has 0 radical (unpaired) electrons. The Morgan fingerprint density at radius 2 is 1.77 bits per heavy atom. The van der Waals surface area contributed by atoms with Crippen LogP contribution in [0.3, 0.4) is 0 Å². The molecule has 1 aromatic carbocycles. The summed E-state index contributed by atoms with van der Waals surface area (Å²) >= 11 is 0. The first-order valence-electron chi connectivity index (χ1n) is 16.1. The molecule has 0 spiro atoms. The fraction of sp³-hybridized carbons (Fsp3) is 0.529. The summed E-state index contributed by atoms with van der Waals surface area (Å²) in [5.41, 5.74) is 1.95. The second kappa shape index (κ2) is 16.3. The Morgan fingerprint density at radius 3 is 2.48 bits per heavy atom.